The van der Waals surface area contributed by atoms with Crippen LogP contribution in [0.3, 0.4) is 0 Å². The maximum absolute atomic E-state index is 12.7. The summed E-state index contributed by atoms with van der Waals surface area (Å²) in [5.41, 5.74) is 3.67. The van der Waals surface area contributed by atoms with E-state index in [-0.39, 0.29) is 23.7 Å². The smallest absolute Gasteiger partial charge is 0.234 e. The second-order valence-electron chi connectivity index (χ2n) is 9.52. The number of halogens is 2. The van der Waals surface area contributed by atoms with Crippen LogP contribution in [0.2, 0.25) is 10.0 Å². The van der Waals surface area contributed by atoms with Crippen LogP contribution in [0, 0.1) is 6.92 Å². The van der Waals surface area contributed by atoms with E-state index in [2.05, 4.69) is 48.4 Å². The van der Waals surface area contributed by atoms with Gasteiger partial charge in [-0.1, -0.05) is 92.1 Å². The molecule has 0 aliphatic rings. The predicted octanol–water partition coefficient (Wildman–Crippen LogP) is 7.49. The van der Waals surface area contributed by atoms with Crippen LogP contribution >= 0.6 is 35.0 Å². The topological polar surface area (TPSA) is 69.0 Å². The molecule has 9 heteroatoms. The summed E-state index contributed by atoms with van der Waals surface area (Å²) in [4.78, 5) is 12.7. The van der Waals surface area contributed by atoms with Gasteiger partial charge in [0, 0.05) is 0 Å². The highest BCUT2D eigenvalue weighted by Crippen LogP contribution is 2.31. The maximum Gasteiger partial charge on any atom is 0.234 e. The Kier molecular flexibility index (Phi) is 8.47. The number of aryl methyl sites for hydroxylation is 1. The molecule has 4 aromatic rings. The molecule has 3 aromatic carbocycles. The van der Waals surface area contributed by atoms with Crippen molar-refractivity contribution in [2.75, 3.05) is 11.1 Å². The average molecular weight is 556 g/mol. The molecule has 6 nitrogen and oxygen atoms in total. The van der Waals surface area contributed by atoms with Crippen molar-refractivity contribution in [3.63, 3.8) is 0 Å². The van der Waals surface area contributed by atoms with Gasteiger partial charge in [-0.2, -0.15) is 0 Å². The molecule has 4 rings (SSSR count). The normalized spacial score (nSPS) is 11.4. The zero-order valence-corrected chi connectivity index (χ0v) is 23.4. The first-order chi connectivity index (χ1) is 17.6. The molecule has 192 valence electrons. The van der Waals surface area contributed by atoms with E-state index >= 15 is 0 Å². The quantitative estimate of drug-likeness (QED) is 0.228. The Balaban J connectivity index is 1.53. The minimum atomic E-state index is -0.254. The fraction of sp³-hybridized carbons (Fsp3) is 0.250. The van der Waals surface area contributed by atoms with Gasteiger partial charge < -0.3 is 10.1 Å². The number of hydrogen-bond acceptors (Lipinski definition) is 5. The average Bonchev–Trinajstić information content (AvgIpc) is 3.26. The predicted molar refractivity (Wildman–Crippen MR) is 151 cm³/mol. The van der Waals surface area contributed by atoms with E-state index in [4.69, 9.17) is 27.9 Å². The van der Waals surface area contributed by atoms with Gasteiger partial charge >= 0.3 is 0 Å². The minimum Gasteiger partial charge on any atom is -0.486 e. The number of hydrogen-bond donors (Lipinski definition) is 1. The molecule has 0 fully saturated rings. The molecule has 0 aliphatic heterocycles. The Bertz CT molecular complexity index is 1380. The highest BCUT2D eigenvalue weighted by molar-refractivity contribution is 7.99. The van der Waals surface area contributed by atoms with E-state index in [1.54, 1.807) is 18.2 Å². The van der Waals surface area contributed by atoms with Gasteiger partial charge in [0.2, 0.25) is 5.91 Å². The van der Waals surface area contributed by atoms with Crippen molar-refractivity contribution in [1.82, 2.24) is 14.8 Å². The van der Waals surface area contributed by atoms with Crippen LogP contribution in [-0.2, 0) is 16.8 Å². The summed E-state index contributed by atoms with van der Waals surface area (Å²) in [6.07, 6.45) is 0. The van der Waals surface area contributed by atoms with Crippen LogP contribution in [0.1, 0.15) is 37.7 Å². The number of nitrogens with one attached hydrogen (secondary N) is 1. The van der Waals surface area contributed by atoms with E-state index in [1.807, 2.05) is 47.9 Å². The first-order valence-corrected chi connectivity index (χ1v) is 13.5. The number of amides is 1. The summed E-state index contributed by atoms with van der Waals surface area (Å²) in [5.74, 6) is 1.22. The lowest BCUT2D eigenvalue weighted by atomic mass is 9.87. The minimum absolute atomic E-state index is 0.0686. The number of anilines is 1. The van der Waals surface area contributed by atoms with E-state index in [1.165, 1.54) is 17.3 Å². The van der Waals surface area contributed by atoms with Gasteiger partial charge in [0.1, 0.15) is 12.4 Å². The number of para-hydroxylation sites is 2. The number of benzene rings is 3. The number of aromatic nitrogens is 3. The van der Waals surface area contributed by atoms with Crippen molar-refractivity contribution in [3.05, 3.63) is 93.7 Å². The highest BCUT2D eigenvalue weighted by Gasteiger charge is 2.19. The zero-order valence-electron chi connectivity index (χ0n) is 21.1. The first-order valence-electron chi connectivity index (χ1n) is 11.7. The number of thioether (sulfide) groups is 1. The van der Waals surface area contributed by atoms with Gasteiger partial charge in [-0.15, -0.1) is 10.2 Å². The number of carbonyl (C=O) groups excluding carboxylic acids is 1. The van der Waals surface area contributed by atoms with Gasteiger partial charge in [0.05, 0.1) is 27.2 Å². The van der Waals surface area contributed by atoms with Crippen LogP contribution in [0.15, 0.2) is 71.9 Å². The molecular formula is C28H28Cl2N4O2S. The van der Waals surface area contributed by atoms with Gasteiger partial charge in [-0.25, -0.2) is 0 Å². The molecule has 0 atom stereocenters. The van der Waals surface area contributed by atoms with Crippen molar-refractivity contribution in [3.8, 4) is 11.4 Å². The number of rotatable bonds is 8. The lowest BCUT2D eigenvalue weighted by molar-refractivity contribution is -0.113. The van der Waals surface area contributed by atoms with Crippen LogP contribution in [0.4, 0.5) is 5.69 Å². The molecule has 0 aliphatic carbocycles. The summed E-state index contributed by atoms with van der Waals surface area (Å²) in [6, 6.07) is 21.1. The Morgan fingerprint density at radius 3 is 2.30 bits per heavy atom. The van der Waals surface area contributed by atoms with Gasteiger partial charge in [0.15, 0.2) is 11.0 Å². The molecule has 0 radical (unpaired) electrons. The second-order valence-corrected chi connectivity index (χ2v) is 11.3. The zero-order chi connectivity index (χ0) is 26.6. The van der Waals surface area contributed by atoms with E-state index in [0.717, 1.165) is 17.0 Å². The van der Waals surface area contributed by atoms with Gasteiger partial charge in [-0.05, 0) is 53.8 Å². The molecule has 1 N–H and O–H groups in total. The van der Waals surface area contributed by atoms with E-state index in [0.29, 0.717) is 26.7 Å². The number of nitrogens with zero attached hydrogens (tertiary/aromatic N) is 3. The Labute approximate surface area is 231 Å². The standard InChI is InChI=1S/C28H28Cl2N4O2S/c1-18-8-5-6-11-23(18)34-24(16-36-20-14-12-19(13-15-20)28(2,3)4)32-33-27(34)37-17-25(35)31-26-21(29)9-7-10-22(26)30/h5-15H,16-17H2,1-4H3,(H,31,35). The van der Waals surface area contributed by atoms with Crippen molar-refractivity contribution in [2.24, 2.45) is 0 Å². The van der Waals surface area contributed by atoms with Crippen molar-refractivity contribution < 1.29 is 9.53 Å². The van der Waals surface area contributed by atoms with E-state index in [9.17, 15) is 4.79 Å². The Morgan fingerprint density at radius 1 is 0.973 bits per heavy atom. The molecule has 0 unspecified atom stereocenters. The first kappa shape index (κ1) is 27.0. The molecular weight excluding hydrogens is 527 g/mol. The molecule has 37 heavy (non-hydrogen) atoms. The highest BCUT2D eigenvalue weighted by atomic mass is 35.5. The Morgan fingerprint density at radius 2 is 1.65 bits per heavy atom. The van der Waals surface area contributed by atoms with Gasteiger partial charge in [0.25, 0.3) is 0 Å². The van der Waals surface area contributed by atoms with Crippen LogP contribution < -0.4 is 10.1 Å². The Hall–Kier alpha value is -3.00. The van der Waals surface area contributed by atoms with Crippen LogP contribution in [0.25, 0.3) is 5.69 Å². The van der Waals surface area contributed by atoms with Crippen LogP contribution in [0.5, 0.6) is 5.75 Å². The molecule has 0 bridgehead atoms. The SMILES string of the molecule is Cc1ccccc1-n1c(COc2ccc(C(C)(C)C)cc2)nnc1SCC(=O)Nc1c(Cl)cccc1Cl. The third kappa shape index (κ3) is 6.66. The second kappa shape index (κ2) is 11.6. The molecule has 0 spiro atoms. The largest absolute Gasteiger partial charge is 0.486 e. The third-order valence-corrected chi connectivity index (χ3v) is 7.26. The summed E-state index contributed by atoms with van der Waals surface area (Å²) in [7, 11) is 0. The molecule has 1 amide bonds. The van der Waals surface area contributed by atoms with Crippen molar-refractivity contribution in [1.29, 1.82) is 0 Å². The van der Waals surface area contributed by atoms with Gasteiger partial charge in [-0.3, -0.25) is 9.36 Å². The monoisotopic (exact) mass is 554 g/mol. The number of ether oxygens (including phenoxy) is 1. The summed E-state index contributed by atoms with van der Waals surface area (Å²) in [6.45, 7) is 8.77. The molecule has 0 saturated heterocycles. The summed E-state index contributed by atoms with van der Waals surface area (Å²) in [5, 5.41) is 12.9. The molecule has 1 heterocycles. The fourth-order valence-corrected chi connectivity index (χ4v) is 4.92. The fourth-order valence-electron chi connectivity index (χ4n) is 3.67. The maximum atomic E-state index is 12.7. The molecule has 1 aromatic heterocycles. The lowest BCUT2D eigenvalue weighted by Crippen LogP contribution is -2.15. The summed E-state index contributed by atoms with van der Waals surface area (Å²) >= 11 is 13.6. The van der Waals surface area contributed by atoms with E-state index < -0.39 is 0 Å². The lowest BCUT2D eigenvalue weighted by Gasteiger charge is -2.19. The number of carbonyl (C=O) groups is 1. The van der Waals surface area contributed by atoms with Crippen molar-refractivity contribution in [2.45, 2.75) is 44.9 Å². The summed E-state index contributed by atoms with van der Waals surface area (Å²) < 4.78 is 7.99. The van der Waals surface area contributed by atoms with Crippen LogP contribution in [-0.4, -0.2) is 26.4 Å². The third-order valence-electron chi connectivity index (χ3n) is 5.70. The molecule has 0 saturated carbocycles. The van der Waals surface area contributed by atoms with Crippen molar-refractivity contribution >= 4 is 46.6 Å².